The van der Waals surface area contributed by atoms with Crippen LogP contribution in [0, 0.1) is 0 Å². The molecule has 0 amide bonds. The van der Waals surface area contributed by atoms with Crippen molar-refractivity contribution in [3.8, 4) is 0 Å². The van der Waals surface area contributed by atoms with Gasteiger partial charge in [0.25, 0.3) is 0 Å². The van der Waals surface area contributed by atoms with Gasteiger partial charge in [-0.1, -0.05) is 0 Å². The van der Waals surface area contributed by atoms with E-state index < -0.39 is 0 Å². The average Bonchev–Trinajstić information content (AvgIpc) is 2.63. The summed E-state index contributed by atoms with van der Waals surface area (Å²) in [5, 5.41) is 4.25. The molecule has 1 aliphatic rings. The van der Waals surface area contributed by atoms with E-state index >= 15 is 0 Å². The van der Waals surface area contributed by atoms with Crippen LogP contribution in [0.2, 0.25) is 0 Å². The number of hydrogen-bond acceptors (Lipinski definition) is 4. The predicted molar refractivity (Wildman–Crippen MR) is 71.2 cm³/mol. The summed E-state index contributed by atoms with van der Waals surface area (Å²) in [6.07, 6.45) is 3.97. The summed E-state index contributed by atoms with van der Waals surface area (Å²) >= 11 is 0. The molecule has 0 spiro atoms. The molecule has 1 saturated heterocycles. The molecule has 2 heterocycles. The van der Waals surface area contributed by atoms with Gasteiger partial charge in [0, 0.05) is 37.9 Å². The second kappa shape index (κ2) is 4.99. The third-order valence-corrected chi connectivity index (χ3v) is 3.41. The number of aryl methyl sites for hydroxylation is 1. The van der Waals surface area contributed by atoms with E-state index in [9.17, 15) is 0 Å². The minimum atomic E-state index is -0.104. The first-order chi connectivity index (χ1) is 8.39. The van der Waals surface area contributed by atoms with Crippen molar-refractivity contribution in [1.29, 1.82) is 0 Å². The van der Waals surface area contributed by atoms with Crippen LogP contribution in [0.1, 0.15) is 32.4 Å². The van der Waals surface area contributed by atoms with E-state index in [0.29, 0.717) is 0 Å². The Morgan fingerprint density at radius 1 is 1.50 bits per heavy atom. The monoisotopic (exact) mass is 252 g/mol. The summed E-state index contributed by atoms with van der Waals surface area (Å²) in [7, 11) is 1.94. The number of ether oxygens (including phenoxy) is 1. The number of morpholine rings is 1. The van der Waals surface area contributed by atoms with Crippen molar-refractivity contribution in [2.75, 3.05) is 19.7 Å². The van der Waals surface area contributed by atoms with Gasteiger partial charge < -0.3 is 10.5 Å². The normalized spacial score (nSPS) is 23.8. The van der Waals surface area contributed by atoms with Crippen molar-refractivity contribution in [2.45, 2.75) is 38.5 Å². The third-order valence-electron chi connectivity index (χ3n) is 3.41. The fourth-order valence-electron chi connectivity index (χ4n) is 2.73. The first-order valence-electron chi connectivity index (χ1n) is 6.51. The number of rotatable bonds is 3. The van der Waals surface area contributed by atoms with Gasteiger partial charge in [-0.15, -0.1) is 0 Å². The van der Waals surface area contributed by atoms with Crippen LogP contribution in [0.3, 0.4) is 0 Å². The molecule has 2 N–H and O–H groups in total. The maximum atomic E-state index is 6.18. The molecule has 2 rings (SSSR count). The molecule has 5 nitrogen and oxygen atoms in total. The zero-order chi connectivity index (χ0) is 13.3. The van der Waals surface area contributed by atoms with Gasteiger partial charge in [0.2, 0.25) is 0 Å². The predicted octanol–water partition coefficient (Wildman–Crippen LogP) is 0.919. The van der Waals surface area contributed by atoms with Crippen LogP contribution in [-0.4, -0.2) is 46.0 Å². The summed E-state index contributed by atoms with van der Waals surface area (Å²) in [4.78, 5) is 2.41. The van der Waals surface area contributed by atoms with E-state index in [1.807, 2.05) is 17.9 Å². The lowest BCUT2D eigenvalue weighted by molar-refractivity contribution is -0.0995. The van der Waals surface area contributed by atoms with Crippen LogP contribution in [0.15, 0.2) is 12.4 Å². The van der Waals surface area contributed by atoms with Gasteiger partial charge in [-0.3, -0.25) is 9.58 Å². The van der Waals surface area contributed by atoms with Crippen molar-refractivity contribution >= 4 is 0 Å². The van der Waals surface area contributed by atoms with E-state index in [4.69, 9.17) is 10.5 Å². The Kier molecular flexibility index (Phi) is 3.75. The second-order valence-electron chi connectivity index (χ2n) is 5.83. The van der Waals surface area contributed by atoms with Crippen LogP contribution in [0.25, 0.3) is 0 Å². The zero-order valence-corrected chi connectivity index (χ0v) is 11.8. The summed E-state index contributed by atoms with van der Waals surface area (Å²) in [5.74, 6) is 0. The Morgan fingerprint density at radius 3 is 2.72 bits per heavy atom. The quantitative estimate of drug-likeness (QED) is 0.869. The van der Waals surface area contributed by atoms with Crippen LogP contribution in [0.4, 0.5) is 0 Å². The van der Waals surface area contributed by atoms with Crippen molar-refractivity contribution in [2.24, 2.45) is 12.8 Å². The highest BCUT2D eigenvalue weighted by Crippen LogP contribution is 2.28. The molecule has 2 unspecified atom stereocenters. The van der Waals surface area contributed by atoms with Gasteiger partial charge in [0.1, 0.15) is 0 Å². The number of nitrogens with zero attached hydrogens (tertiary/aromatic N) is 3. The van der Waals surface area contributed by atoms with Crippen LogP contribution in [-0.2, 0) is 11.8 Å². The molecule has 0 saturated carbocycles. The highest BCUT2D eigenvalue weighted by atomic mass is 16.5. The summed E-state index contributed by atoms with van der Waals surface area (Å²) in [5.41, 5.74) is 7.26. The fraction of sp³-hybridized carbons (Fsp3) is 0.769. The Hall–Kier alpha value is -0.910. The minimum Gasteiger partial charge on any atom is -0.373 e. The third kappa shape index (κ3) is 2.91. The molecule has 0 bridgehead atoms. The molecule has 0 radical (unpaired) electrons. The minimum absolute atomic E-state index is 0.0723. The summed E-state index contributed by atoms with van der Waals surface area (Å²) in [6, 6.07) is 0.282. The maximum absolute atomic E-state index is 6.18. The second-order valence-corrected chi connectivity index (χ2v) is 5.83. The number of hydrogen-bond donors (Lipinski definition) is 1. The fourth-order valence-corrected chi connectivity index (χ4v) is 2.73. The van der Waals surface area contributed by atoms with Crippen molar-refractivity contribution in [3.63, 3.8) is 0 Å². The molecule has 1 aromatic heterocycles. The summed E-state index contributed by atoms with van der Waals surface area (Å²) in [6.45, 7) is 8.89. The highest BCUT2D eigenvalue weighted by Gasteiger charge is 2.33. The number of aromatic nitrogens is 2. The maximum Gasteiger partial charge on any atom is 0.0753 e. The zero-order valence-electron chi connectivity index (χ0n) is 11.8. The average molecular weight is 252 g/mol. The first-order valence-corrected chi connectivity index (χ1v) is 6.51. The summed E-state index contributed by atoms with van der Waals surface area (Å²) < 4.78 is 7.59. The first kappa shape index (κ1) is 13.5. The van der Waals surface area contributed by atoms with Gasteiger partial charge in [0.15, 0.2) is 0 Å². The van der Waals surface area contributed by atoms with E-state index in [2.05, 4.69) is 37.0 Å². The molecule has 0 aliphatic carbocycles. The van der Waals surface area contributed by atoms with Gasteiger partial charge >= 0.3 is 0 Å². The van der Waals surface area contributed by atoms with Crippen molar-refractivity contribution in [1.82, 2.24) is 14.7 Å². The lowest BCUT2D eigenvalue weighted by Gasteiger charge is -2.43. The molecule has 102 valence electrons. The van der Waals surface area contributed by atoms with Gasteiger partial charge in [0.05, 0.1) is 24.4 Å². The molecular weight excluding hydrogens is 228 g/mol. The van der Waals surface area contributed by atoms with Crippen molar-refractivity contribution in [3.05, 3.63) is 18.0 Å². The molecule has 1 aromatic rings. The molecule has 5 heteroatoms. The Balaban J connectivity index is 2.20. The highest BCUT2D eigenvalue weighted by molar-refractivity contribution is 5.13. The van der Waals surface area contributed by atoms with Crippen LogP contribution in [0.5, 0.6) is 0 Å². The Morgan fingerprint density at radius 2 is 2.22 bits per heavy atom. The number of nitrogens with two attached hydrogens (primary N) is 1. The SMILES string of the molecule is CC(N)C(c1cnn(C)c1)N1CCOC(C)(C)C1. The van der Waals surface area contributed by atoms with E-state index in [0.717, 1.165) is 19.7 Å². The van der Waals surface area contributed by atoms with Crippen molar-refractivity contribution < 1.29 is 4.74 Å². The van der Waals surface area contributed by atoms with E-state index in [-0.39, 0.29) is 17.7 Å². The largest absolute Gasteiger partial charge is 0.373 e. The van der Waals surface area contributed by atoms with Gasteiger partial charge in [-0.2, -0.15) is 5.10 Å². The Bertz CT molecular complexity index is 399. The lowest BCUT2D eigenvalue weighted by Crippen LogP contribution is -2.52. The topological polar surface area (TPSA) is 56.3 Å². The van der Waals surface area contributed by atoms with Gasteiger partial charge in [-0.25, -0.2) is 0 Å². The standard InChI is InChI=1S/C13H24N4O/c1-10(14)12(11-7-15-16(4)8-11)17-5-6-18-13(2,3)9-17/h7-8,10,12H,5-6,9,14H2,1-4H3. The van der Waals surface area contributed by atoms with E-state index in [1.165, 1.54) is 5.56 Å². The molecular formula is C13H24N4O. The smallest absolute Gasteiger partial charge is 0.0753 e. The van der Waals surface area contributed by atoms with Crippen LogP contribution < -0.4 is 5.73 Å². The van der Waals surface area contributed by atoms with E-state index in [1.54, 1.807) is 0 Å². The molecule has 18 heavy (non-hydrogen) atoms. The molecule has 1 fully saturated rings. The lowest BCUT2D eigenvalue weighted by atomic mass is 9.98. The molecule has 2 atom stereocenters. The molecule has 0 aromatic carbocycles. The van der Waals surface area contributed by atoms with Crippen LogP contribution >= 0.6 is 0 Å². The van der Waals surface area contributed by atoms with Gasteiger partial charge in [-0.05, 0) is 20.8 Å². The Labute approximate surface area is 109 Å². The molecule has 1 aliphatic heterocycles.